The molecule has 12 heavy (non-hydrogen) atoms. The third kappa shape index (κ3) is 3.63. The van der Waals surface area contributed by atoms with Crippen LogP contribution in [0.2, 0.25) is 0 Å². The van der Waals surface area contributed by atoms with Gasteiger partial charge in [0.25, 0.3) is 0 Å². The third-order valence-corrected chi connectivity index (χ3v) is 1.49. The van der Waals surface area contributed by atoms with Crippen LogP contribution in [0, 0.1) is 0 Å². The molecular formula is C6H14N2O4. The summed E-state index contributed by atoms with van der Waals surface area (Å²) >= 11 is 0. The highest BCUT2D eigenvalue weighted by atomic mass is 16.4. The molecule has 6 nitrogen and oxygen atoms in total. The molecule has 0 heterocycles. The van der Waals surface area contributed by atoms with Gasteiger partial charge in [-0.3, -0.25) is 4.79 Å². The summed E-state index contributed by atoms with van der Waals surface area (Å²) in [5.74, 6) is -1.30. The second kappa shape index (κ2) is 5.04. The molecule has 0 bridgehead atoms. The van der Waals surface area contributed by atoms with E-state index < -0.39 is 24.2 Å². The van der Waals surface area contributed by atoms with Crippen molar-refractivity contribution in [2.75, 3.05) is 6.54 Å². The average Bonchev–Trinajstić information content (AvgIpc) is 2.02. The highest BCUT2D eigenvalue weighted by Crippen LogP contribution is 2.00. The van der Waals surface area contributed by atoms with Crippen molar-refractivity contribution in [3.8, 4) is 0 Å². The van der Waals surface area contributed by atoms with Gasteiger partial charge in [0.05, 0.1) is 12.2 Å². The lowest BCUT2D eigenvalue weighted by Gasteiger charge is -2.17. The van der Waals surface area contributed by atoms with E-state index in [1.165, 1.54) is 0 Å². The molecule has 0 amide bonds. The fraction of sp³-hybridized carbons (Fsp3) is 0.833. The molecule has 72 valence electrons. The van der Waals surface area contributed by atoms with Crippen molar-refractivity contribution in [2.45, 2.75) is 24.7 Å². The number of aliphatic hydroxyl groups is 2. The third-order valence-electron chi connectivity index (χ3n) is 1.49. The Balaban J connectivity index is 3.86. The number of carboxylic acids is 1. The lowest BCUT2D eigenvalue weighted by molar-refractivity contribution is -0.141. The summed E-state index contributed by atoms with van der Waals surface area (Å²) < 4.78 is 0. The minimum atomic E-state index is -1.37. The van der Waals surface area contributed by atoms with Gasteiger partial charge >= 0.3 is 5.97 Å². The van der Waals surface area contributed by atoms with Crippen molar-refractivity contribution >= 4 is 5.97 Å². The predicted octanol–water partition coefficient (Wildman–Crippen LogP) is -2.53. The minimum Gasteiger partial charge on any atom is -0.480 e. The van der Waals surface area contributed by atoms with Crippen molar-refractivity contribution in [1.82, 2.24) is 0 Å². The molecule has 0 radical (unpaired) electrons. The highest BCUT2D eigenvalue weighted by Gasteiger charge is 2.23. The molecule has 3 unspecified atom stereocenters. The van der Waals surface area contributed by atoms with E-state index in [-0.39, 0.29) is 13.0 Å². The predicted molar refractivity (Wildman–Crippen MR) is 41.3 cm³/mol. The summed E-state index contributed by atoms with van der Waals surface area (Å²) in [6.45, 7) is -0.0244. The Bertz CT molecular complexity index is 152. The number of rotatable bonds is 5. The van der Waals surface area contributed by atoms with Crippen molar-refractivity contribution in [1.29, 1.82) is 0 Å². The topological polar surface area (TPSA) is 130 Å². The number of hydrogen-bond donors (Lipinski definition) is 5. The van der Waals surface area contributed by atoms with E-state index in [1.807, 2.05) is 0 Å². The zero-order valence-electron chi connectivity index (χ0n) is 6.55. The lowest BCUT2D eigenvalue weighted by atomic mass is 10.1. The molecule has 0 aliphatic carbocycles. The van der Waals surface area contributed by atoms with Crippen molar-refractivity contribution < 1.29 is 20.1 Å². The van der Waals surface area contributed by atoms with Crippen LogP contribution in [0.3, 0.4) is 0 Å². The molecule has 0 aliphatic rings. The monoisotopic (exact) mass is 178 g/mol. The summed E-state index contributed by atoms with van der Waals surface area (Å²) in [5.41, 5.74) is 10.1. The van der Waals surface area contributed by atoms with Crippen LogP contribution in [-0.2, 0) is 4.79 Å². The molecule has 0 saturated carbocycles. The Morgan fingerprint density at radius 2 is 1.92 bits per heavy atom. The van der Waals surface area contributed by atoms with Gasteiger partial charge in [0.15, 0.2) is 0 Å². The van der Waals surface area contributed by atoms with Crippen LogP contribution >= 0.6 is 0 Å². The van der Waals surface area contributed by atoms with Crippen LogP contribution < -0.4 is 11.5 Å². The Morgan fingerprint density at radius 3 is 2.25 bits per heavy atom. The molecule has 0 saturated heterocycles. The van der Waals surface area contributed by atoms with Crippen molar-refractivity contribution in [3.63, 3.8) is 0 Å². The van der Waals surface area contributed by atoms with E-state index in [0.717, 1.165) is 0 Å². The summed E-state index contributed by atoms with van der Waals surface area (Å²) in [6, 6.07) is -1.37. The lowest BCUT2D eigenvalue weighted by Crippen LogP contribution is -2.44. The van der Waals surface area contributed by atoms with Gasteiger partial charge < -0.3 is 26.8 Å². The summed E-state index contributed by atoms with van der Waals surface area (Å²) in [4.78, 5) is 10.2. The van der Waals surface area contributed by atoms with Crippen LogP contribution in [0.5, 0.6) is 0 Å². The van der Waals surface area contributed by atoms with E-state index in [1.54, 1.807) is 0 Å². The van der Waals surface area contributed by atoms with Gasteiger partial charge in [0, 0.05) is 13.0 Å². The zero-order chi connectivity index (χ0) is 9.72. The van der Waals surface area contributed by atoms with Crippen molar-refractivity contribution in [2.24, 2.45) is 11.5 Å². The van der Waals surface area contributed by atoms with E-state index >= 15 is 0 Å². The van der Waals surface area contributed by atoms with Crippen LogP contribution in [0.15, 0.2) is 0 Å². The number of carboxylic acid groups (broad SMARTS) is 1. The fourth-order valence-electron chi connectivity index (χ4n) is 0.686. The molecule has 0 aliphatic heterocycles. The maximum Gasteiger partial charge on any atom is 0.323 e. The van der Waals surface area contributed by atoms with Crippen LogP contribution in [0.25, 0.3) is 0 Å². The van der Waals surface area contributed by atoms with Gasteiger partial charge in [-0.2, -0.15) is 0 Å². The molecule has 0 rings (SSSR count). The maximum absolute atomic E-state index is 10.2. The van der Waals surface area contributed by atoms with Crippen molar-refractivity contribution in [3.05, 3.63) is 0 Å². The van der Waals surface area contributed by atoms with Gasteiger partial charge in [0.1, 0.15) is 6.04 Å². The van der Waals surface area contributed by atoms with Gasteiger partial charge in [-0.1, -0.05) is 0 Å². The maximum atomic E-state index is 10.2. The number of hydrogen-bond acceptors (Lipinski definition) is 5. The number of nitrogens with two attached hydrogens (primary N) is 2. The summed E-state index contributed by atoms with van der Waals surface area (Å²) in [7, 11) is 0. The van der Waals surface area contributed by atoms with Gasteiger partial charge in [-0.25, -0.2) is 0 Å². The average molecular weight is 178 g/mol. The van der Waals surface area contributed by atoms with Crippen LogP contribution in [0.4, 0.5) is 0 Å². The largest absolute Gasteiger partial charge is 0.480 e. The smallest absolute Gasteiger partial charge is 0.323 e. The summed E-state index contributed by atoms with van der Waals surface area (Å²) in [6.07, 6.45) is -2.30. The fourth-order valence-corrected chi connectivity index (χ4v) is 0.686. The molecule has 6 heteroatoms. The van der Waals surface area contributed by atoms with Crippen LogP contribution in [0.1, 0.15) is 6.42 Å². The van der Waals surface area contributed by atoms with Gasteiger partial charge in [-0.05, 0) is 0 Å². The molecule has 3 atom stereocenters. The second-order valence-electron chi connectivity index (χ2n) is 2.56. The molecule has 0 aromatic carbocycles. The number of aliphatic hydroxyl groups excluding tert-OH is 2. The Hall–Kier alpha value is -0.690. The standard InChI is InChI=1S/C6H14N2O4/c7-2-3(9)1-4(10)5(8)6(11)12/h3-5,9-10H,1-2,7-8H2,(H,11,12). The number of aliphatic carboxylic acids is 1. The molecule has 0 fully saturated rings. The Morgan fingerprint density at radius 1 is 1.42 bits per heavy atom. The molecule has 7 N–H and O–H groups in total. The molecular weight excluding hydrogens is 164 g/mol. The summed E-state index contributed by atoms with van der Waals surface area (Å²) in [5, 5.41) is 26.3. The minimum absolute atomic E-state index is 0.0244. The SMILES string of the molecule is NCC(O)CC(O)C(N)C(=O)O. The first-order valence-electron chi connectivity index (χ1n) is 3.53. The quantitative estimate of drug-likeness (QED) is 0.315. The van der Waals surface area contributed by atoms with E-state index in [2.05, 4.69) is 0 Å². The highest BCUT2D eigenvalue weighted by molar-refractivity contribution is 5.73. The van der Waals surface area contributed by atoms with Gasteiger partial charge in [0.2, 0.25) is 0 Å². The molecule has 0 spiro atoms. The van der Waals surface area contributed by atoms with Crippen LogP contribution in [-0.4, -0.2) is 46.1 Å². The van der Waals surface area contributed by atoms with E-state index in [0.29, 0.717) is 0 Å². The second-order valence-corrected chi connectivity index (χ2v) is 2.56. The Labute approximate surface area is 69.8 Å². The van der Waals surface area contributed by atoms with Gasteiger partial charge in [-0.15, -0.1) is 0 Å². The van der Waals surface area contributed by atoms with E-state index in [9.17, 15) is 4.79 Å². The number of carbonyl (C=O) groups is 1. The Kier molecular flexibility index (Phi) is 4.75. The van der Waals surface area contributed by atoms with E-state index in [4.69, 9.17) is 26.8 Å². The molecule has 0 aromatic rings. The molecule has 0 aromatic heterocycles. The normalized spacial score (nSPS) is 18.3. The first-order valence-corrected chi connectivity index (χ1v) is 3.53. The first-order chi connectivity index (χ1) is 5.49. The first kappa shape index (κ1) is 11.3. The zero-order valence-corrected chi connectivity index (χ0v) is 6.55.